The van der Waals surface area contributed by atoms with Gasteiger partial charge in [0.1, 0.15) is 5.82 Å². The number of nitrogen functional groups attached to an aromatic ring is 1. The summed E-state index contributed by atoms with van der Waals surface area (Å²) >= 11 is 11.7. The van der Waals surface area contributed by atoms with E-state index in [0.717, 1.165) is 5.56 Å². The van der Waals surface area contributed by atoms with E-state index in [1.165, 1.54) is 6.07 Å². The maximum Gasteiger partial charge on any atom is 0.354 e. The van der Waals surface area contributed by atoms with Gasteiger partial charge in [-0.1, -0.05) is 29.3 Å². The first kappa shape index (κ1) is 12.7. The molecule has 2 aromatic rings. The van der Waals surface area contributed by atoms with Gasteiger partial charge in [0.25, 0.3) is 0 Å². The number of hydrogen-bond donors (Lipinski definition) is 2. The number of aromatic nitrogens is 1. The molecule has 0 radical (unpaired) electrons. The van der Waals surface area contributed by atoms with Crippen LogP contribution >= 0.6 is 23.2 Å². The summed E-state index contributed by atoms with van der Waals surface area (Å²) in [6, 6.07) is 8.01. The number of benzene rings is 1. The van der Waals surface area contributed by atoms with E-state index in [4.69, 9.17) is 34.0 Å². The van der Waals surface area contributed by atoms with Crippen molar-refractivity contribution in [3.05, 3.63) is 46.1 Å². The van der Waals surface area contributed by atoms with Crippen LogP contribution in [0.4, 0.5) is 5.82 Å². The van der Waals surface area contributed by atoms with Crippen molar-refractivity contribution in [3.63, 3.8) is 0 Å². The normalized spacial score (nSPS) is 10.3. The summed E-state index contributed by atoms with van der Waals surface area (Å²) in [4.78, 5) is 14.5. The van der Waals surface area contributed by atoms with E-state index in [2.05, 4.69) is 4.98 Å². The van der Waals surface area contributed by atoms with Gasteiger partial charge in [0.2, 0.25) is 0 Å². The molecule has 6 heteroatoms. The fraction of sp³-hybridized carbons (Fsp3) is 0. The van der Waals surface area contributed by atoms with Crippen LogP contribution in [0.5, 0.6) is 0 Å². The summed E-state index contributed by atoms with van der Waals surface area (Å²) in [5.74, 6) is -0.990. The topological polar surface area (TPSA) is 76.2 Å². The highest BCUT2D eigenvalue weighted by molar-refractivity contribution is 6.42. The smallest absolute Gasteiger partial charge is 0.354 e. The molecule has 92 valence electrons. The number of carboxylic acid groups (broad SMARTS) is 1. The lowest BCUT2D eigenvalue weighted by molar-refractivity contribution is 0.0690. The zero-order valence-corrected chi connectivity index (χ0v) is 10.5. The first-order valence-electron chi connectivity index (χ1n) is 4.94. The molecule has 0 fully saturated rings. The van der Waals surface area contributed by atoms with E-state index in [-0.39, 0.29) is 11.5 Å². The average molecular weight is 283 g/mol. The minimum Gasteiger partial charge on any atom is -0.477 e. The molecular formula is C12H8Cl2N2O2. The summed E-state index contributed by atoms with van der Waals surface area (Å²) < 4.78 is 0. The number of carboxylic acids is 1. The van der Waals surface area contributed by atoms with Gasteiger partial charge in [-0.3, -0.25) is 0 Å². The van der Waals surface area contributed by atoms with Gasteiger partial charge in [-0.25, -0.2) is 9.78 Å². The number of anilines is 1. The summed E-state index contributed by atoms with van der Waals surface area (Å²) in [6.45, 7) is 0. The Morgan fingerprint density at radius 2 is 1.89 bits per heavy atom. The summed E-state index contributed by atoms with van der Waals surface area (Å²) in [7, 11) is 0. The van der Waals surface area contributed by atoms with E-state index in [9.17, 15) is 4.79 Å². The highest BCUT2D eigenvalue weighted by Crippen LogP contribution is 2.30. The van der Waals surface area contributed by atoms with E-state index in [1.54, 1.807) is 24.3 Å². The lowest BCUT2D eigenvalue weighted by Crippen LogP contribution is -2.04. The van der Waals surface area contributed by atoms with Gasteiger partial charge >= 0.3 is 5.97 Å². The fourth-order valence-electron chi connectivity index (χ4n) is 1.50. The lowest BCUT2D eigenvalue weighted by atomic mass is 10.1. The van der Waals surface area contributed by atoms with Gasteiger partial charge in [0.15, 0.2) is 5.69 Å². The van der Waals surface area contributed by atoms with E-state index >= 15 is 0 Å². The zero-order chi connectivity index (χ0) is 13.3. The monoisotopic (exact) mass is 282 g/mol. The first-order chi connectivity index (χ1) is 8.49. The van der Waals surface area contributed by atoms with E-state index in [1.807, 2.05) is 0 Å². The van der Waals surface area contributed by atoms with Crippen molar-refractivity contribution in [3.8, 4) is 11.1 Å². The fourth-order valence-corrected chi connectivity index (χ4v) is 1.80. The molecule has 0 aliphatic heterocycles. The molecule has 1 aromatic carbocycles. The third kappa shape index (κ3) is 2.39. The predicted molar refractivity (Wildman–Crippen MR) is 71.1 cm³/mol. The van der Waals surface area contributed by atoms with Gasteiger partial charge < -0.3 is 10.8 Å². The quantitative estimate of drug-likeness (QED) is 0.886. The van der Waals surface area contributed by atoms with Crippen molar-refractivity contribution in [1.82, 2.24) is 4.98 Å². The molecule has 0 saturated heterocycles. The Bertz CT molecular complexity index is 629. The molecule has 0 amide bonds. The van der Waals surface area contributed by atoms with Crippen LogP contribution in [0.25, 0.3) is 11.1 Å². The number of nitrogens with two attached hydrogens (primary N) is 1. The molecule has 18 heavy (non-hydrogen) atoms. The summed E-state index contributed by atoms with van der Waals surface area (Å²) in [5.41, 5.74) is 6.97. The number of nitrogens with zero attached hydrogens (tertiary/aromatic N) is 1. The van der Waals surface area contributed by atoms with Crippen molar-refractivity contribution < 1.29 is 9.90 Å². The second-order valence-electron chi connectivity index (χ2n) is 3.56. The van der Waals surface area contributed by atoms with Crippen LogP contribution in [0, 0.1) is 0 Å². The summed E-state index contributed by atoms with van der Waals surface area (Å²) in [5, 5.41) is 9.63. The molecule has 0 aliphatic carbocycles. The standard InChI is InChI=1S/C12H8Cl2N2O2/c13-8-3-1-6(5-9(8)14)7-2-4-10(12(17)18)16-11(7)15/h1-5H,(H2,15,16)(H,17,18). The van der Waals surface area contributed by atoms with Crippen molar-refractivity contribution in [1.29, 1.82) is 0 Å². The van der Waals surface area contributed by atoms with Gasteiger partial charge in [-0.05, 0) is 29.8 Å². The molecule has 0 bridgehead atoms. The second kappa shape index (κ2) is 4.84. The Morgan fingerprint density at radius 3 is 2.44 bits per heavy atom. The van der Waals surface area contributed by atoms with Crippen molar-refractivity contribution >= 4 is 35.0 Å². The van der Waals surface area contributed by atoms with Crippen LogP contribution in [-0.4, -0.2) is 16.1 Å². The number of rotatable bonds is 2. The van der Waals surface area contributed by atoms with Crippen LogP contribution in [0.15, 0.2) is 30.3 Å². The van der Waals surface area contributed by atoms with Crippen LogP contribution < -0.4 is 5.73 Å². The number of aromatic carboxylic acids is 1. The molecule has 0 spiro atoms. The molecule has 2 rings (SSSR count). The van der Waals surface area contributed by atoms with Crippen LogP contribution in [0.1, 0.15) is 10.5 Å². The maximum absolute atomic E-state index is 10.7. The average Bonchev–Trinajstić information content (AvgIpc) is 2.32. The highest BCUT2D eigenvalue weighted by Gasteiger charge is 2.10. The molecule has 0 atom stereocenters. The highest BCUT2D eigenvalue weighted by atomic mass is 35.5. The Balaban J connectivity index is 2.51. The van der Waals surface area contributed by atoms with Crippen molar-refractivity contribution in [2.24, 2.45) is 0 Å². The second-order valence-corrected chi connectivity index (χ2v) is 4.38. The molecular weight excluding hydrogens is 275 g/mol. The molecule has 0 unspecified atom stereocenters. The molecule has 3 N–H and O–H groups in total. The predicted octanol–water partition coefficient (Wildman–Crippen LogP) is 3.34. The molecule has 1 heterocycles. The van der Waals surface area contributed by atoms with E-state index < -0.39 is 5.97 Å². The number of carbonyl (C=O) groups is 1. The van der Waals surface area contributed by atoms with Crippen LogP contribution in [-0.2, 0) is 0 Å². The number of hydrogen-bond acceptors (Lipinski definition) is 3. The SMILES string of the molecule is Nc1nc(C(=O)O)ccc1-c1ccc(Cl)c(Cl)c1. The van der Waals surface area contributed by atoms with Gasteiger partial charge in [-0.15, -0.1) is 0 Å². The molecule has 0 aliphatic rings. The number of halogens is 2. The van der Waals surface area contributed by atoms with E-state index in [0.29, 0.717) is 15.6 Å². The Morgan fingerprint density at radius 1 is 1.17 bits per heavy atom. The minimum absolute atomic E-state index is 0.101. The zero-order valence-electron chi connectivity index (χ0n) is 9.02. The Kier molecular flexibility index (Phi) is 3.41. The van der Waals surface area contributed by atoms with Crippen molar-refractivity contribution in [2.75, 3.05) is 5.73 Å². The lowest BCUT2D eigenvalue weighted by Gasteiger charge is -2.07. The third-order valence-electron chi connectivity index (χ3n) is 2.37. The molecule has 4 nitrogen and oxygen atoms in total. The Labute approximate surface area is 113 Å². The molecule has 1 aromatic heterocycles. The maximum atomic E-state index is 10.7. The Hall–Kier alpha value is -1.78. The molecule has 0 saturated carbocycles. The minimum atomic E-state index is -1.12. The van der Waals surface area contributed by atoms with Crippen molar-refractivity contribution in [2.45, 2.75) is 0 Å². The number of pyridine rings is 1. The van der Waals surface area contributed by atoms with Crippen LogP contribution in [0.3, 0.4) is 0 Å². The first-order valence-corrected chi connectivity index (χ1v) is 5.70. The third-order valence-corrected chi connectivity index (χ3v) is 3.11. The van der Waals surface area contributed by atoms with Gasteiger partial charge in [0.05, 0.1) is 10.0 Å². The summed E-state index contributed by atoms with van der Waals surface area (Å²) in [6.07, 6.45) is 0. The van der Waals surface area contributed by atoms with Gasteiger partial charge in [0, 0.05) is 5.56 Å². The van der Waals surface area contributed by atoms with Crippen LogP contribution in [0.2, 0.25) is 10.0 Å². The largest absolute Gasteiger partial charge is 0.477 e. The van der Waals surface area contributed by atoms with Gasteiger partial charge in [-0.2, -0.15) is 0 Å².